The zero-order chi connectivity index (χ0) is 27.5. The molecule has 0 radical (unpaired) electrons. The number of nitrogens with one attached hydrogen (secondary N) is 3. The number of aliphatic carboxylic acids is 1. The molecule has 1 aliphatic heterocycles. The summed E-state index contributed by atoms with van der Waals surface area (Å²) in [6.07, 6.45) is 0.749. The quantitative estimate of drug-likeness (QED) is 0.200. The van der Waals surface area contributed by atoms with E-state index in [0.29, 0.717) is 5.82 Å². The Kier molecular flexibility index (Phi) is 7.80. The van der Waals surface area contributed by atoms with Crippen LogP contribution < -0.4 is 16.0 Å². The Hall–Kier alpha value is -4.08. The van der Waals surface area contributed by atoms with Crippen molar-refractivity contribution in [3.05, 3.63) is 23.2 Å². The van der Waals surface area contributed by atoms with Crippen LogP contribution in [0.15, 0.2) is 16.9 Å². The van der Waals surface area contributed by atoms with Crippen LogP contribution in [-0.4, -0.2) is 77.7 Å². The van der Waals surface area contributed by atoms with Gasteiger partial charge in [-0.1, -0.05) is 5.16 Å². The molecule has 3 amide bonds. The first kappa shape index (κ1) is 27.5. The van der Waals surface area contributed by atoms with Crippen LogP contribution in [0.2, 0.25) is 0 Å². The number of amides is 3. The van der Waals surface area contributed by atoms with Crippen LogP contribution in [0.3, 0.4) is 0 Å². The number of anilines is 1. The predicted molar refractivity (Wildman–Crippen MR) is 130 cm³/mol. The standard InChI is InChI=1S/C21H28N8O7S/c1-10-22-9-29(27-10)7-11-13(15(30)23-11)25-16(31)14(28-36-21(5,6)17(32)33)12-8-37-18(24-12)26-19(34)35-20(2,3)4/h8-9,11,13H,7H2,1-6H3,(H,23,30)(H,25,31)(H,32,33)(H,24,26,34)/t11-,13+/m1/s1. The number of carboxylic acid groups (broad SMARTS) is 1. The van der Waals surface area contributed by atoms with E-state index in [1.54, 1.807) is 27.7 Å². The molecular weight excluding hydrogens is 508 g/mol. The number of hydrogen-bond donors (Lipinski definition) is 4. The van der Waals surface area contributed by atoms with Crippen molar-refractivity contribution in [2.45, 2.75) is 71.4 Å². The van der Waals surface area contributed by atoms with E-state index < -0.39 is 52.9 Å². The highest BCUT2D eigenvalue weighted by atomic mass is 32.1. The molecule has 4 N–H and O–H groups in total. The third kappa shape index (κ3) is 7.22. The molecule has 2 atom stereocenters. The smallest absolute Gasteiger partial charge is 0.413 e. The molecule has 3 heterocycles. The second-order valence-corrected chi connectivity index (χ2v) is 10.4. The Morgan fingerprint density at radius 1 is 1.27 bits per heavy atom. The van der Waals surface area contributed by atoms with Gasteiger partial charge in [0.1, 0.15) is 29.5 Å². The second-order valence-electron chi connectivity index (χ2n) is 9.59. The lowest BCUT2D eigenvalue weighted by atomic mass is 9.98. The van der Waals surface area contributed by atoms with Crippen molar-refractivity contribution in [3.8, 4) is 0 Å². The number of rotatable bonds is 9. The molecule has 2 aromatic rings. The summed E-state index contributed by atoms with van der Waals surface area (Å²) in [6, 6.07) is -1.40. The summed E-state index contributed by atoms with van der Waals surface area (Å²) in [6.45, 7) is 9.57. The van der Waals surface area contributed by atoms with Crippen LogP contribution in [0.1, 0.15) is 46.1 Å². The monoisotopic (exact) mass is 536 g/mol. The lowest BCUT2D eigenvalue weighted by Crippen LogP contribution is -2.70. The van der Waals surface area contributed by atoms with Crippen LogP contribution in [0.4, 0.5) is 9.93 Å². The third-order valence-electron chi connectivity index (χ3n) is 4.78. The van der Waals surface area contributed by atoms with Gasteiger partial charge in [0.15, 0.2) is 10.8 Å². The summed E-state index contributed by atoms with van der Waals surface area (Å²) in [7, 11) is 0. The first-order chi connectivity index (χ1) is 17.1. The van der Waals surface area contributed by atoms with E-state index in [0.717, 1.165) is 11.3 Å². The summed E-state index contributed by atoms with van der Waals surface area (Å²) in [4.78, 5) is 62.2. The minimum Gasteiger partial charge on any atom is -0.478 e. The summed E-state index contributed by atoms with van der Waals surface area (Å²) in [5, 5.41) is 26.5. The molecule has 37 heavy (non-hydrogen) atoms. The van der Waals surface area contributed by atoms with Crippen molar-refractivity contribution in [2.75, 3.05) is 5.32 Å². The highest BCUT2D eigenvalue weighted by Gasteiger charge is 2.42. The maximum absolute atomic E-state index is 13.2. The minimum absolute atomic E-state index is 0.0158. The Balaban J connectivity index is 1.79. The van der Waals surface area contributed by atoms with Gasteiger partial charge in [0, 0.05) is 5.38 Å². The molecule has 0 unspecified atom stereocenters. The largest absolute Gasteiger partial charge is 0.478 e. The van der Waals surface area contributed by atoms with E-state index in [9.17, 15) is 24.3 Å². The summed E-state index contributed by atoms with van der Waals surface area (Å²) < 4.78 is 6.72. The predicted octanol–water partition coefficient (Wildman–Crippen LogP) is 0.657. The van der Waals surface area contributed by atoms with Crippen molar-refractivity contribution < 1.29 is 33.9 Å². The molecular formula is C21H28N8O7S. The van der Waals surface area contributed by atoms with Crippen molar-refractivity contribution in [1.29, 1.82) is 0 Å². The number of ether oxygens (including phenoxy) is 1. The highest BCUT2D eigenvalue weighted by Crippen LogP contribution is 2.20. The second kappa shape index (κ2) is 10.5. The van der Waals surface area contributed by atoms with Crippen LogP contribution in [0.5, 0.6) is 0 Å². The average molecular weight is 537 g/mol. The number of nitrogens with zero attached hydrogens (tertiary/aromatic N) is 5. The van der Waals surface area contributed by atoms with E-state index in [1.807, 2.05) is 0 Å². The van der Waals surface area contributed by atoms with E-state index in [1.165, 1.54) is 30.2 Å². The summed E-state index contributed by atoms with van der Waals surface area (Å²) in [5.74, 6) is -2.02. The number of oxime groups is 1. The highest BCUT2D eigenvalue weighted by molar-refractivity contribution is 7.14. The fraction of sp³-hybridized carbons (Fsp3) is 0.524. The van der Waals surface area contributed by atoms with Crippen molar-refractivity contribution >= 4 is 46.1 Å². The molecule has 1 saturated heterocycles. The Morgan fingerprint density at radius 3 is 2.54 bits per heavy atom. The van der Waals surface area contributed by atoms with Gasteiger partial charge in [-0.3, -0.25) is 19.6 Å². The molecule has 200 valence electrons. The van der Waals surface area contributed by atoms with Gasteiger partial charge in [-0.2, -0.15) is 5.10 Å². The first-order valence-corrected chi connectivity index (χ1v) is 12.0. The number of carboxylic acids is 1. The molecule has 0 bridgehead atoms. The number of aromatic nitrogens is 4. The maximum atomic E-state index is 13.2. The van der Waals surface area contributed by atoms with E-state index in [-0.39, 0.29) is 17.4 Å². The first-order valence-electron chi connectivity index (χ1n) is 11.1. The van der Waals surface area contributed by atoms with E-state index >= 15 is 0 Å². The normalized spacial score (nSPS) is 17.9. The minimum atomic E-state index is -1.76. The van der Waals surface area contributed by atoms with E-state index in [4.69, 9.17) is 9.57 Å². The molecule has 1 aliphatic rings. The SMILES string of the molecule is Cc1ncn(C[C@H]2NC(=O)[C@H]2NC(=O)C(=NOC(C)(C)C(=O)O)c2csc(NC(=O)OC(C)(C)C)n2)n1. The van der Waals surface area contributed by atoms with Crippen molar-refractivity contribution in [3.63, 3.8) is 0 Å². The molecule has 15 nitrogen and oxygen atoms in total. The molecule has 0 aliphatic carbocycles. The Morgan fingerprint density at radius 2 is 1.97 bits per heavy atom. The number of carbonyl (C=O) groups is 4. The number of carbonyl (C=O) groups excluding carboxylic acids is 3. The summed E-state index contributed by atoms with van der Waals surface area (Å²) >= 11 is 0.979. The molecule has 0 aromatic carbocycles. The fourth-order valence-electron chi connectivity index (χ4n) is 2.88. The Bertz CT molecular complexity index is 1230. The van der Waals surface area contributed by atoms with E-state index in [2.05, 4.69) is 36.2 Å². The van der Waals surface area contributed by atoms with Crippen LogP contribution in [-0.2, 0) is 30.5 Å². The average Bonchev–Trinajstić information content (AvgIpc) is 3.39. The lowest BCUT2D eigenvalue weighted by molar-refractivity contribution is -0.161. The van der Waals surface area contributed by atoms with Gasteiger partial charge in [0.05, 0.1) is 12.6 Å². The lowest BCUT2D eigenvalue weighted by Gasteiger charge is -2.36. The number of hydrogen-bond acceptors (Lipinski definition) is 11. The van der Waals surface area contributed by atoms with Gasteiger partial charge in [0.25, 0.3) is 5.91 Å². The van der Waals surface area contributed by atoms with Crippen molar-refractivity contribution in [2.24, 2.45) is 5.16 Å². The molecule has 3 rings (SSSR count). The number of β-lactam (4-membered cyclic amide) rings is 1. The van der Waals surface area contributed by atoms with Gasteiger partial charge < -0.3 is 25.3 Å². The van der Waals surface area contributed by atoms with Gasteiger partial charge in [-0.25, -0.2) is 19.6 Å². The fourth-order valence-corrected chi connectivity index (χ4v) is 3.56. The maximum Gasteiger partial charge on any atom is 0.413 e. The van der Waals surface area contributed by atoms with Crippen LogP contribution in [0.25, 0.3) is 0 Å². The molecule has 1 fully saturated rings. The zero-order valence-corrected chi connectivity index (χ0v) is 21.9. The Labute approximate surface area is 215 Å². The van der Waals surface area contributed by atoms with Gasteiger partial charge in [-0.05, 0) is 41.5 Å². The third-order valence-corrected chi connectivity index (χ3v) is 5.54. The van der Waals surface area contributed by atoms with Gasteiger partial charge in [-0.15, -0.1) is 11.3 Å². The zero-order valence-electron chi connectivity index (χ0n) is 21.1. The number of thiazole rings is 1. The molecule has 0 saturated carbocycles. The molecule has 2 aromatic heterocycles. The molecule has 0 spiro atoms. The van der Waals surface area contributed by atoms with Gasteiger partial charge >= 0.3 is 12.1 Å². The van der Waals surface area contributed by atoms with Crippen LogP contribution in [0, 0.1) is 6.92 Å². The topological polar surface area (TPSA) is 199 Å². The van der Waals surface area contributed by atoms with Gasteiger partial charge in [0.2, 0.25) is 11.5 Å². The summed E-state index contributed by atoms with van der Waals surface area (Å²) in [5.41, 5.74) is -2.91. The molecule has 16 heteroatoms. The van der Waals surface area contributed by atoms with Crippen molar-refractivity contribution in [1.82, 2.24) is 30.4 Å². The van der Waals surface area contributed by atoms with Crippen LogP contribution >= 0.6 is 11.3 Å². The number of aryl methyl sites for hydroxylation is 1.